The van der Waals surface area contributed by atoms with E-state index in [0.29, 0.717) is 0 Å². The van der Waals surface area contributed by atoms with E-state index in [1.54, 1.807) is 6.07 Å². The zero-order valence-corrected chi connectivity index (χ0v) is 9.35. The zero-order chi connectivity index (χ0) is 12.3. The van der Waals surface area contributed by atoms with Gasteiger partial charge in [-0.25, -0.2) is 0 Å². The van der Waals surface area contributed by atoms with E-state index in [1.165, 1.54) is 12.1 Å². The van der Waals surface area contributed by atoms with Crippen LogP contribution in [0.3, 0.4) is 0 Å². The lowest BCUT2D eigenvalue weighted by Crippen LogP contribution is -2.07. The zero-order valence-electron chi connectivity index (χ0n) is 9.35. The normalized spacial score (nSPS) is 16.6. The molecule has 0 radical (unpaired) electrons. The number of rotatable bonds is 0. The highest BCUT2D eigenvalue weighted by Crippen LogP contribution is 2.31. The highest BCUT2D eigenvalue weighted by molar-refractivity contribution is 5.43. The van der Waals surface area contributed by atoms with E-state index >= 15 is 0 Å². The maximum Gasteiger partial charge on any atom is 0.417 e. The molecule has 1 aliphatic carbocycles. The molecule has 2 rings (SSSR count). The third kappa shape index (κ3) is 3.03. The Morgan fingerprint density at radius 1 is 1.06 bits per heavy atom. The van der Waals surface area contributed by atoms with Gasteiger partial charge in [-0.2, -0.15) is 13.2 Å². The van der Waals surface area contributed by atoms with Gasteiger partial charge in [0.2, 0.25) is 0 Å². The average Bonchev–Trinajstić information content (AvgIpc) is 2.78. The molecule has 0 amide bonds. The molecule has 0 unspecified atom stereocenters. The summed E-state index contributed by atoms with van der Waals surface area (Å²) in [6.07, 6.45) is -0.0101. The molecule has 1 fully saturated rings. The van der Waals surface area contributed by atoms with Crippen LogP contribution in [-0.2, 0) is 6.18 Å². The van der Waals surface area contributed by atoms with Gasteiger partial charge in [0.1, 0.15) is 0 Å². The van der Waals surface area contributed by atoms with Gasteiger partial charge in [-0.3, -0.25) is 0 Å². The summed E-state index contributed by atoms with van der Waals surface area (Å²) >= 11 is 0. The Balaban J connectivity index is 2.26. The Bertz CT molecular complexity index is 443. The van der Waals surface area contributed by atoms with Gasteiger partial charge in [-0.05, 0) is 25.0 Å². The molecule has 1 aliphatic rings. The van der Waals surface area contributed by atoms with Crippen molar-refractivity contribution < 1.29 is 13.2 Å². The molecule has 90 valence electrons. The lowest BCUT2D eigenvalue weighted by molar-refractivity contribution is -0.137. The first kappa shape index (κ1) is 12.0. The summed E-state index contributed by atoms with van der Waals surface area (Å²) in [6.45, 7) is 0. The number of alkyl halides is 3. The predicted octanol–water partition coefficient (Wildman–Crippen LogP) is 4.25. The first-order valence-electron chi connectivity index (χ1n) is 5.75. The van der Waals surface area contributed by atoms with Gasteiger partial charge in [0, 0.05) is 11.5 Å². The molecule has 0 aromatic heterocycles. The smallest absolute Gasteiger partial charge is 0.166 e. The van der Waals surface area contributed by atoms with Crippen LogP contribution in [-0.4, -0.2) is 0 Å². The molecule has 0 saturated heterocycles. The quantitative estimate of drug-likeness (QED) is 0.593. The Morgan fingerprint density at radius 3 is 2.35 bits per heavy atom. The fourth-order valence-corrected chi connectivity index (χ4v) is 2.09. The van der Waals surface area contributed by atoms with E-state index < -0.39 is 11.7 Å². The van der Waals surface area contributed by atoms with Gasteiger partial charge in [-0.15, -0.1) is 0 Å². The van der Waals surface area contributed by atoms with E-state index in [4.69, 9.17) is 0 Å². The minimum Gasteiger partial charge on any atom is -0.166 e. The van der Waals surface area contributed by atoms with Crippen molar-refractivity contribution in [2.45, 2.75) is 31.9 Å². The van der Waals surface area contributed by atoms with Crippen LogP contribution in [0.5, 0.6) is 0 Å². The summed E-state index contributed by atoms with van der Waals surface area (Å²) in [4.78, 5) is 0. The molecule has 3 heteroatoms. The van der Waals surface area contributed by atoms with Gasteiger partial charge in [0.15, 0.2) is 0 Å². The highest BCUT2D eigenvalue weighted by Gasteiger charge is 2.32. The molecule has 1 aromatic carbocycles. The van der Waals surface area contributed by atoms with Crippen LogP contribution in [0.15, 0.2) is 24.3 Å². The maximum absolute atomic E-state index is 12.7. The molecule has 0 aliphatic heterocycles. The molecule has 0 heterocycles. The second-order valence-electron chi connectivity index (χ2n) is 4.29. The summed E-state index contributed by atoms with van der Waals surface area (Å²) in [5.74, 6) is 5.93. The summed E-state index contributed by atoms with van der Waals surface area (Å²) in [7, 11) is 0. The number of hydrogen-bond donors (Lipinski definition) is 0. The van der Waals surface area contributed by atoms with Crippen LogP contribution in [0.4, 0.5) is 13.2 Å². The van der Waals surface area contributed by atoms with Crippen LogP contribution in [0.25, 0.3) is 0 Å². The van der Waals surface area contributed by atoms with E-state index in [1.807, 2.05) is 0 Å². The summed E-state index contributed by atoms with van der Waals surface area (Å²) in [5, 5.41) is 0. The molecule has 0 spiro atoms. The first-order chi connectivity index (χ1) is 8.07. The van der Waals surface area contributed by atoms with Crippen molar-refractivity contribution in [3.05, 3.63) is 35.4 Å². The summed E-state index contributed by atoms with van der Waals surface area (Å²) < 4.78 is 38.0. The molecule has 0 nitrogen and oxygen atoms in total. The van der Waals surface area contributed by atoms with Gasteiger partial charge in [-0.1, -0.05) is 36.8 Å². The second kappa shape index (κ2) is 4.83. The molecular formula is C14H13F3. The summed E-state index contributed by atoms with van der Waals surface area (Å²) in [6, 6.07) is 5.50. The fourth-order valence-electron chi connectivity index (χ4n) is 2.09. The Morgan fingerprint density at radius 2 is 1.71 bits per heavy atom. The fraction of sp³-hybridized carbons (Fsp3) is 0.429. The van der Waals surface area contributed by atoms with E-state index in [9.17, 15) is 13.2 Å². The molecule has 0 bridgehead atoms. The van der Waals surface area contributed by atoms with Crippen molar-refractivity contribution in [2.75, 3.05) is 0 Å². The predicted molar refractivity (Wildman–Crippen MR) is 60.3 cm³/mol. The first-order valence-corrected chi connectivity index (χ1v) is 5.75. The minimum absolute atomic E-state index is 0.0897. The number of benzene rings is 1. The van der Waals surface area contributed by atoms with Crippen LogP contribution < -0.4 is 0 Å². The van der Waals surface area contributed by atoms with Crippen molar-refractivity contribution in [3.8, 4) is 11.8 Å². The summed E-state index contributed by atoms with van der Waals surface area (Å²) in [5.41, 5.74) is -0.544. The maximum atomic E-state index is 12.7. The molecular weight excluding hydrogens is 225 g/mol. The van der Waals surface area contributed by atoms with Gasteiger partial charge < -0.3 is 0 Å². The standard InChI is InChI=1S/C14H13F3/c15-14(16,17)13-8-4-3-7-12(13)10-9-11-5-1-2-6-11/h3-4,7-8,11H,1-2,5-6H2. The van der Waals surface area contributed by atoms with E-state index in [-0.39, 0.29) is 11.5 Å². The molecule has 1 aromatic rings. The topological polar surface area (TPSA) is 0 Å². The van der Waals surface area contributed by atoms with Crippen LogP contribution >= 0.6 is 0 Å². The Hall–Kier alpha value is -1.43. The monoisotopic (exact) mass is 238 g/mol. The third-order valence-electron chi connectivity index (χ3n) is 3.00. The van der Waals surface area contributed by atoms with Gasteiger partial charge >= 0.3 is 6.18 Å². The average molecular weight is 238 g/mol. The van der Waals surface area contributed by atoms with Crippen LogP contribution in [0, 0.1) is 17.8 Å². The molecule has 0 atom stereocenters. The third-order valence-corrected chi connectivity index (χ3v) is 3.00. The van der Waals surface area contributed by atoms with Crippen LogP contribution in [0.2, 0.25) is 0 Å². The number of hydrogen-bond acceptors (Lipinski definition) is 0. The van der Waals surface area contributed by atoms with Crippen molar-refractivity contribution in [2.24, 2.45) is 5.92 Å². The SMILES string of the molecule is FC(F)(F)c1ccccc1C#CC1CCCC1. The molecule has 0 N–H and O–H groups in total. The number of halogens is 3. The van der Waals surface area contributed by atoms with Crippen molar-refractivity contribution in [1.29, 1.82) is 0 Å². The molecule has 1 saturated carbocycles. The molecule has 17 heavy (non-hydrogen) atoms. The van der Waals surface area contributed by atoms with E-state index in [0.717, 1.165) is 31.7 Å². The minimum atomic E-state index is -4.32. The van der Waals surface area contributed by atoms with Gasteiger partial charge in [0.25, 0.3) is 0 Å². The lowest BCUT2D eigenvalue weighted by atomic mass is 10.0. The Kier molecular flexibility index (Phi) is 3.42. The van der Waals surface area contributed by atoms with E-state index in [2.05, 4.69) is 11.8 Å². The second-order valence-corrected chi connectivity index (χ2v) is 4.29. The van der Waals surface area contributed by atoms with Crippen LogP contribution in [0.1, 0.15) is 36.8 Å². The Labute approximate surface area is 98.8 Å². The van der Waals surface area contributed by atoms with Crippen molar-refractivity contribution in [1.82, 2.24) is 0 Å². The van der Waals surface area contributed by atoms with Crippen molar-refractivity contribution in [3.63, 3.8) is 0 Å². The largest absolute Gasteiger partial charge is 0.417 e. The van der Waals surface area contributed by atoms with Gasteiger partial charge in [0.05, 0.1) is 5.56 Å². The highest BCUT2D eigenvalue weighted by atomic mass is 19.4. The lowest BCUT2D eigenvalue weighted by Gasteiger charge is -2.08. The van der Waals surface area contributed by atoms with Crippen molar-refractivity contribution >= 4 is 0 Å².